The molecule has 4 rings (SSSR count). The molecule has 4 nitrogen and oxygen atoms in total. The van der Waals surface area contributed by atoms with Crippen molar-refractivity contribution in [1.29, 1.82) is 0 Å². The summed E-state index contributed by atoms with van der Waals surface area (Å²) in [6.07, 6.45) is 0. The first kappa shape index (κ1) is 16.6. The van der Waals surface area contributed by atoms with Crippen molar-refractivity contribution in [1.82, 2.24) is 0 Å². The van der Waals surface area contributed by atoms with Gasteiger partial charge >= 0.3 is 0 Å². The van der Waals surface area contributed by atoms with E-state index in [0.717, 1.165) is 0 Å². The molecule has 0 unspecified atom stereocenters. The molecular weight excluding hydrogens is 370 g/mol. The second kappa shape index (κ2) is 6.78. The van der Waals surface area contributed by atoms with Gasteiger partial charge in [0.25, 0.3) is 5.91 Å². The number of halogens is 1. The SMILES string of the molecule is O=C(Nc1ccc2oc(-c3ccccc3Cl)cc(=O)c2c1)c1cccs1. The van der Waals surface area contributed by atoms with E-state index in [1.165, 1.54) is 17.4 Å². The maximum absolute atomic E-state index is 12.5. The molecule has 2 aromatic carbocycles. The third kappa shape index (κ3) is 3.14. The van der Waals surface area contributed by atoms with E-state index in [4.69, 9.17) is 16.0 Å². The molecule has 2 heterocycles. The number of fused-ring (bicyclic) bond motifs is 1. The molecule has 4 aromatic rings. The van der Waals surface area contributed by atoms with Gasteiger partial charge in [0.1, 0.15) is 11.3 Å². The molecule has 128 valence electrons. The number of carbonyl (C=O) groups is 1. The third-order valence-electron chi connectivity index (χ3n) is 3.87. The number of amides is 1. The normalized spacial score (nSPS) is 10.8. The van der Waals surface area contributed by atoms with Crippen LogP contribution < -0.4 is 10.7 Å². The van der Waals surface area contributed by atoms with Crippen LogP contribution in [0, 0.1) is 0 Å². The van der Waals surface area contributed by atoms with Crippen LogP contribution in [-0.2, 0) is 0 Å². The summed E-state index contributed by atoms with van der Waals surface area (Å²) in [5.41, 5.74) is 1.42. The van der Waals surface area contributed by atoms with E-state index in [2.05, 4.69) is 5.32 Å². The lowest BCUT2D eigenvalue weighted by Crippen LogP contribution is -2.10. The Morgan fingerprint density at radius 2 is 1.88 bits per heavy atom. The minimum atomic E-state index is -0.212. The summed E-state index contributed by atoms with van der Waals surface area (Å²) < 4.78 is 5.85. The van der Waals surface area contributed by atoms with E-state index in [0.29, 0.717) is 37.9 Å². The maximum Gasteiger partial charge on any atom is 0.265 e. The molecule has 0 saturated heterocycles. The fraction of sp³-hybridized carbons (Fsp3) is 0. The van der Waals surface area contributed by atoms with Crippen LogP contribution in [0.15, 0.2) is 75.3 Å². The fourth-order valence-corrected chi connectivity index (χ4v) is 3.48. The van der Waals surface area contributed by atoms with Crippen molar-refractivity contribution in [3.05, 3.63) is 86.2 Å². The highest BCUT2D eigenvalue weighted by molar-refractivity contribution is 7.12. The first-order chi connectivity index (χ1) is 12.6. The van der Waals surface area contributed by atoms with Gasteiger partial charge in [-0.25, -0.2) is 0 Å². The number of carbonyl (C=O) groups excluding carboxylic acids is 1. The first-order valence-electron chi connectivity index (χ1n) is 7.79. The molecule has 0 fully saturated rings. The van der Waals surface area contributed by atoms with Crippen LogP contribution in [-0.4, -0.2) is 5.91 Å². The van der Waals surface area contributed by atoms with Gasteiger partial charge in [-0.15, -0.1) is 11.3 Å². The van der Waals surface area contributed by atoms with Gasteiger partial charge in [-0.05, 0) is 41.8 Å². The molecule has 1 N–H and O–H groups in total. The molecule has 0 bridgehead atoms. The molecule has 1 amide bonds. The highest BCUT2D eigenvalue weighted by Crippen LogP contribution is 2.29. The third-order valence-corrected chi connectivity index (χ3v) is 5.07. The zero-order chi connectivity index (χ0) is 18.1. The molecule has 0 aliphatic heterocycles. The zero-order valence-electron chi connectivity index (χ0n) is 13.4. The van der Waals surface area contributed by atoms with Crippen LogP contribution in [0.1, 0.15) is 9.67 Å². The molecule has 0 aliphatic carbocycles. The lowest BCUT2D eigenvalue weighted by Gasteiger charge is -2.07. The minimum Gasteiger partial charge on any atom is -0.456 e. The van der Waals surface area contributed by atoms with Crippen molar-refractivity contribution >= 4 is 45.5 Å². The first-order valence-corrected chi connectivity index (χ1v) is 9.05. The van der Waals surface area contributed by atoms with Gasteiger partial charge < -0.3 is 9.73 Å². The number of benzene rings is 2. The van der Waals surface area contributed by atoms with Crippen LogP contribution in [0.5, 0.6) is 0 Å². The number of thiophene rings is 1. The molecule has 26 heavy (non-hydrogen) atoms. The maximum atomic E-state index is 12.5. The molecular formula is C20H12ClNO3S. The number of hydrogen-bond acceptors (Lipinski definition) is 4. The minimum absolute atomic E-state index is 0.201. The lowest BCUT2D eigenvalue weighted by molar-refractivity contribution is 0.103. The quantitative estimate of drug-likeness (QED) is 0.515. The average molecular weight is 382 g/mol. The van der Waals surface area contributed by atoms with E-state index in [1.807, 2.05) is 23.6 Å². The summed E-state index contributed by atoms with van der Waals surface area (Å²) in [4.78, 5) is 25.3. The number of rotatable bonds is 3. The Morgan fingerprint density at radius 1 is 1.04 bits per heavy atom. The van der Waals surface area contributed by atoms with Gasteiger partial charge in [0, 0.05) is 17.3 Å². The second-order valence-electron chi connectivity index (χ2n) is 5.60. The summed E-state index contributed by atoms with van der Waals surface area (Å²) in [5, 5.41) is 5.52. The Hall–Kier alpha value is -2.89. The number of anilines is 1. The highest BCUT2D eigenvalue weighted by Gasteiger charge is 2.12. The average Bonchev–Trinajstić information content (AvgIpc) is 3.17. The summed E-state index contributed by atoms with van der Waals surface area (Å²) >= 11 is 7.54. The predicted octanol–water partition coefficient (Wildman–Crippen LogP) is 5.43. The molecule has 0 saturated carbocycles. The van der Waals surface area contributed by atoms with Crippen molar-refractivity contribution in [3.8, 4) is 11.3 Å². The number of nitrogens with one attached hydrogen (secondary N) is 1. The predicted molar refractivity (Wildman–Crippen MR) is 105 cm³/mol. The van der Waals surface area contributed by atoms with E-state index >= 15 is 0 Å². The molecule has 2 aromatic heterocycles. The summed E-state index contributed by atoms with van der Waals surface area (Å²) in [5.74, 6) is 0.194. The van der Waals surface area contributed by atoms with E-state index < -0.39 is 0 Å². The van der Waals surface area contributed by atoms with Crippen LogP contribution in [0.3, 0.4) is 0 Å². The van der Waals surface area contributed by atoms with Gasteiger partial charge in [0.15, 0.2) is 5.43 Å². The van der Waals surface area contributed by atoms with Crippen molar-refractivity contribution in [3.63, 3.8) is 0 Å². The molecule has 0 atom stereocenters. The molecule has 0 spiro atoms. The van der Waals surface area contributed by atoms with E-state index in [-0.39, 0.29) is 11.3 Å². The standard InChI is InChI=1S/C20H12ClNO3S/c21-15-5-2-1-4-13(15)18-11-16(23)14-10-12(7-8-17(14)25-18)22-20(24)19-6-3-9-26-19/h1-11H,(H,22,24). The highest BCUT2D eigenvalue weighted by atomic mass is 35.5. The summed E-state index contributed by atoms with van der Waals surface area (Å²) in [6, 6.07) is 17.1. The van der Waals surface area contributed by atoms with Crippen molar-refractivity contribution in [2.75, 3.05) is 5.32 Å². The molecule has 6 heteroatoms. The van der Waals surface area contributed by atoms with Crippen molar-refractivity contribution in [2.24, 2.45) is 0 Å². The topological polar surface area (TPSA) is 59.3 Å². The fourth-order valence-electron chi connectivity index (χ4n) is 2.63. The van der Waals surface area contributed by atoms with Gasteiger partial charge in [-0.1, -0.05) is 29.8 Å². The lowest BCUT2D eigenvalue weighted by atomic mass is 10.1. The van der Waals surface area contributed by atoms with Crippen LogP contribution in [0.4, 0.5) is 5.69 Å². The second-order valence-corrected chi connectivity index (χ2v) is 6.95. The Bertz CT molecular complexity index is 1170. The van der Waals surface area contributed by atoms with Crippen LogP contribution in [0.25, 0.3) is 22.3 Å². The van der Waals surface area contributed by atoms with Gasteiger partial charge in [0.2, 0.25) is 0 Å². The Balaban J connectivity index is 1.73. The zero-order valence-corrected chi connectivity index (χ0v) is 14.9. The smallest absolute Gasteiger partial charge is 0.265 e. The monoisotopic (exact) mass is 381 g/mol. The van der Waals surface area contributed by atoms with Gasteiger partial charge in [0.05, 0.1) is 15.3 Å². The summed E-state index contributed by atoms with van der Waals surface area (Å²) in [7, 11) is 0. The summed E-state index contributed by atoms with van der Waals surface area (Å²) in [6.45, 7) is 0. The Kier molecular flexibility index (Phi) is 4.32. The Morgan fingerprint density at radius 3 is 2.65 bits per heavy atom. The number of hydrogen-bond donors (Lipinski definition) is 1. The van der Waals surface area contributed by atoms with Crippen LogP contribution in [0.2, 0.25) is 5.02 Å². The molecule has 0 aliphatic rings. The van der Waals surface area contributed by atoms with Crippen LogP contribution >= 0.6 is 22.9 Å². The van der Waals surface area contributed by atoms with Crippen molar-refractivity contribution < 1.29 is 9.21 Å². The van der Waals surface area contributed by atoms with Gasteiger partial charge in [-0.2, -0.15) is 0 Å². The molecule has 0 radical (unpaired) electrons. The van der Waals surface area contributed by atoms with Crippen molar-refractivity contribution in [2.45, 2.75) is 0 Å². The largest absolute Gasteiger partial charge is 0.456 e. The van der Waals surface area contributed by atoms with E-state index in [9.17, 15) is 9.59 Å². The van der Waals surface area contributed by atoms with Gasteiger partial charge in [-0.3, -0.25) is 9.59 Å². The Labute approximate surface area is 157 Å². The van der Waals surface area contributed by atoms with E-state index in [1.54, 1.807) is 36.4 Å².